The Bertz CT molecular complexity index is 531. The van der Waals surface area contributed by atoms with Crippen LogP contribution >= 0.6 is 11.8 Å². The number of nitriles is 1. The van der Waals surface area contributed by atoms with Gasteiger partial charge in [-0.2, -0.15) is 5.26 Å². The predicted molar refractivity (Wildman–Crippen MR) is 89.0 cm³/mol. The lowest BCUT2D eigenvalue weighted by Gasteiger charge is -2.32. The van der Waals surface area contributed by atoms with E-state index in [1.807, 2.05) is 12.3 Å². The molecule has 1 aromatic rings. The third-order valence-corrected chi connectivity index (χ3v) is 5.53. The highest BCUT2D eigenvalue weighted by atomic mass is 32.2. The molecule has 0 bridgehead atoms. The highest BCUT2D eigenvalue weighted by molar-refractivity contribution is 7.98. The van der Waals surface area contributed by atoms with Gasteiger partial charge in [-0.05, 0) is 50.7 Å². The molecule has 21 heavy (non-hydrogen) atoms. The van der Waals surface area contributed by atoms with Crippen LogP contribution in [-0.2, 0) is 0 Å². The molecule has 2 heterocycles. The molecule has 2 fully saturated rings. The summed E-state index contributed by atoms with van der Waals surface area (Å²) >= 11 is 1.66. The van der Waals surface area contributed by atoms with Crippen LogP contribution in [0, 0.1) is 11.3 Å². The molecule has 1 aromatic carbocycles. The van der Waals surface area contributed by atoms with Crippen molar-refractivity contribution in [2.24, 2.45) is 0 Å². The predicted octanol–water partition coefficient (Wildman–Crippen LogP) is 3.34. The van der Waals surface area contributed by atoms with E-state index >= 15 is 0 Å². The Labute approximate surface area is 131 Å². The van der Waals surface area contributed by atoms with Crippen molar-refractivity contribution < 1.29 is 0 Å². The Kier molecular flexibility index (Phi) is 4.72. The molecule has 0 aromatic heterocycles. The number of hydrogen-bond donors (Lipinski definition) is 0. The molecular weight excluding hydrogens is 278 g/mol. The number of benzene rings is 1. The summed E-state index contributed by atoms with van der Waals surface area (Å²) < 4.78 is 0. The maximum absolute atomic E-state index is 9.50. The maximum atomic E-state index is 9.50. The minimum Gasteiger partial charge on any atom is -0.369 e. The molecule has 3 nitrogen and oxygen atoms in total. The molecule has 0 amide bonds. The average Bonchev–Trinajstić information content (AvgIpc) is 3.04. The quantitative estimate of drug-likeness (QED) is 0.801. The minimum absolute atomic E-state index is 0.676. The summed E-state index contributed by atoms with van der Waals surface area (Å²) in [4.78, 5) is 6.17. The number of thioether (sulfide) groups is 1. The van der Waals surface area contributed by atoms with Crippen molar-refractivity contribution in [3.05, 3.63) is 23.8 Å². The van der Waals surface area contributed by atoms with E-state index in [1.54, 1.807) is 11.8 Å². The summed E-state index contributed by atoms with van der Waals surface area (Å²) in [6, 6.07) is 9.32. The maximum Gasteiger partial charge on any atom is 0.103 e. The Morgan fingerprint density at radius 1 is 1.19 bits per heavy atom. The summed E-state index contributed by atoms with van der Waals surface area (Å²) in [7, 11) is 0. The van der Waals surface area contributed by atoms with E-state index in [-0.39, 0.29) is 0 Å². The van der Waals surface area contributed by atoms with Gasteiger partial charge in [-0.1, -0.05) is 12.5 Å². The molecule has 3 rings (SSSR count). The first-order chi connectivity index (χ1) is 10.3. The van der Waals surface area contributed by atoms with E-state index in [1.165, 1.54) is 38.8 Å². The smallest absolute Gasteiger partial charge is 0.103 e. The minimum atomic E-state index is 0.676. The van der Waals surface area contributed by atoms with Crippen LogP contribution in [0.1, 0.15) is 31.2 Å². The first-order valence-electron chi connectivity index (χ1n) is 7.89. The van der Waals surface area contributed by atoms with E-state index < -0.39 is 0 Å². The zero-order valence-electron chi connectivity index (χ0n) is 12.7. The highest BCUT2D eigenvalue weighted by Gasteiger charge is 2.29. The second-order valence-corrected chi connectivity index (χ2v) is 6.80. The van der Waals surface area contributed by atoms with Gasteiger partial charge in [-0.3, -0.25) is 4.90 Å². The zero-order valence-corrected chi connectivity index (χ0v) is 13.5. The van der Waals surface area contributed by atoms with Gasteiger partial charge in [-0.15, -0.1) is 11.8 Å². The van der Waals surface area contributed by atoms with Crippen molar-refractivity contribution >= 4 is 17.4 Å². The van der Waals surface area contributed by atoms with Crippen LogP contribution in [0.5, 0.6) is 0 Å². The van der Waals surface area contributed by atoms with Crippen LogP contribution in [0.2, 0.25) is 0 Å². The third-order valence-electron chi connectivity index (χ3n) is 4.75. The monoisotopic (exact) mass is 301 g/mol. The van der Waals surface area contributed by atoms with Crippen LogP contribution in [0.3, 0.4) is 0 Å². The van der Waals surface area contributed by atoms with Crippen LogP contribution in [0.15, 0.2) is 23.1 Å². The van der Waals surface area contributed by atoms with Crippen molar-refractivity contribution in [1.29, 1.82) is 5.26 Å². The van der Waals surface area contributed by atoms with E-state index in [9.17, 15) is 5.26 Å². The Hall–Kier alpha value is -1.18. The number of hydrogen-bond acceptors (Lipinski definition) is 4. The number of nitrogens with zero attached hydrogens (tertiary/aromatic N) is 3. The molecule has 4 heteroatoms. The number of rotatable bonds is 3. The normalized spacial score (nSPS) is 23.2. The van der Waals surface area contributed by atoms with Crippen molar-refractivity contribution in [3.63, 3.8) is 0 Å². The first kappa shape index (κ1) is 14.7. The second kappa shape index (κ2) is 6.72. The standard InChI is InChI=1S/C17H23N3S/c1-21-17-7-5-6-16(15(17)12-18)20-11-8-14(13-20)19-9-3-2-4-10-19/h5-7,14H,2-4,8-11,13H2,1H3. The van der Waals surface area contributed by atoms with E-state index in [0.717, 1.165) is 29.2 Å². The number of piperidine rings is 1. The molecule has 0 aliphatic carbocycles. The molecule has 1 atom stereocenters. The van der Waals surface area contributed by atoms with Gasteiger partial charge in [0.25, 0.3) is 0 Å². The molecule has 0 spiro atoms. The van der Waals surface area contributed by atoms with Crippen LogP contribution < -0.4 is 4.90 Å². The Balaban J connectivity index is 1.75. The zero-order chi connectivity index (χ0) is 14.7. The third kappa shape index (κ3) is 3.04. The van der Waals surface area contributed by atoms with Gasteiger partial charge >= 0.3 is 0 Å². The van der Waals surface area contributed by atoms with Crippen LogP contribution in [-0.4, -0.2) is 43.4 Å². The average molecular weight is 301 g/mol. The van der Waals surface area contributed by atoms with Crippen LogP contribution in [0.4, 0.5) is 5.69 Å². The summed E-state index contributed by atoms with van der Waals surface area (Å²) in [6.45, 7) is 4.67. The Morgan fingerprint density at radius 3 is 2.71 bits per heavy atom. The lowest BCUT2D eigenvalue weighted by atomic mass is 10.1. The molecule has 0 N–H and O–H groups in total. The summed E-state index contributed by atoms with van der Waals surface area (Å²) in [6.07, 6.45) is 7.36. The topological polar surface area (TPSA) is 30.3 Å². The van der Waals surface area contributed by atoms with Gasteiger partial charge in [0.15, 0.2) is 0 Å². The van der Waals surface area contributed by atoms with E-state index in [4.69, 9.17) is 0 Å². The molecule has 1 unspecified atom stereocenters. The summed E-state index contributed by atoms with van der Waals surface area (Å²) in [5, 5.41) is 9.50. The fourth-order valence-corrected chi connectivity index (χ4v) is 4.18. The van der Waals surface area contributed by atoms with E-state index in [0.29, 0.717) is 6.04 Å². The number of likely N-dealkylation sites (tertiary alicyclic amines) is 1. The van der Waals surface area contributed by atoms with Crippen molar-refractivity contribution in [3.8, 4) is 6.07 Å². The fourth-order valence-electron chi connectivity index (χ4n) is 3.61. The van der Waals surface area contributed by atoms with Gasteiger partial charge in [-0.25, -0.2) is 0 Å². The highest BCUT2D eigenvalue weighted by Crippen LogP contribution is 2.32. The molecule has 2 saturated heterocycles. The molecule has 2 aliphatic heterocycles. The van der Waals surface area contributed by atoms with Gasteiger partial charge in [0, 0.05) is 24.0 Å². The van der Waals surface area contributed by atoms with Crippen molar-refractivity contribution in [2.75, 3.05) is 37.3 Å². The van der Waals surface area contributed by atoms with Crippen LogP contribution in [0.25, 0.3) is 0 Å². The van der Waals surface area contributed by atoms with Gasteiger partial charge in [0.05, 0.1) is 11.3 Å². The summed E-state index contributed by atoms with van der Waals surface area (Å²) in [5.74, 6) is 0. The largest absolute Gasteiger partial charge is 0.369 e. The lowest BCUT2D eigenvalue weighted by Crippen LogP contribution is -2.40. The second-order valence-electron chi connectivity index (χ2n) is 5.95. The first-order valence-corrected chi connectivity index (χ1v) is 9.12. The van der Waals surface area contributed by atoms with E-state index in [2.05, 4.69) is 28.0 Å². The van der Waals surface area contributed by atoms with Gasteiger partial charge in [0.1, 0.15) is 6.07 Å². The van der Waals surface area contributed by atoms with Gasteiger partial charge in [0.2, 0.25) is 0 Å². The molecule has 0 saturated carbocycles. The molecular formula is C17H23N3S. The molecule has 2 aliphatic rings. The van der Waals surface area contributed by atoms with Gasteiger partial charge < -0.3 is 4.90 Å². The SMILES string of the molecule is CSc1cccc(N2CCC(N3CCCCC3)C2)c1C#N. The lowest BCUT2D eigenvalue weighted by molar-refractivity contribution is 0.175. The fraction of sp³-hybridized carbons (Fsp3) is 0.588. The Morgan fingerprint density at radius 2 is 2.00 bits per heavy atom. The number of anilines is 1. The van der Waals surface area contributed by atoms with Crippen molar-refractivity contribution in [2.45, 2.75) is 36.6 Å². The molecule has 112 valence electrons. The molecule has 0 radical (unpaired) electrons. The van der Waals surface area contributed by atoms with Crippen molar-refractivity contribution in [1.82, 2.24) is 4.90 Å². The summed E-state index contributed by atoms with van der Waals surface area (Å²) in [5.41, 5.74) is 1.98.